The average Bonchev–Trinajstić information content (AvgIpc) is 3.54. The minimum atomic E-state index is -0.384. The molecule has 9 nitrogen and oxygen atoms in total. The predicted molar refractivity (Wildman–Crippen MR) is 123 cm³/mol. The van der Waals surface area contributed by atoms with E-state index in [1.165, 1.54) is 6.26 Å². The summed E-state index contributed by atoms with van der Waals surface area (Å²) >= 11 is 0. The lowest BCUT2D eigenvalue weighted by molar-refractivity contribution is 0.0948. The molecule has 0 atom stereocenters. The molecule has 3 heterocycles. The van der Waals surface area contributed by atoms with Crippen molar-refractivity contribution in [1.29, 1.82) is 0 Å². The molecule has 0 saturated carbocycles. The third kappa shape index (κ3) is 4.06. The van der Waals surface area contributed by atoms with E-state index in [4.69, 9.17) is 18.6 Å². The SMILES string of the molecule is COc1c2c(c(CNC(=O)c3cccc(NC(=O)c4ccco4)c3)c3c1OCO3)CCN(C)C2. The number of nitrogens with zero attached hydrogens (tertiary/aromatic N) is 1. The van der Waals surface area contributed by atoms with E-state index < -0.39 is 0 Å². The van der Waals surface area contributed by atoms with Crippen molar-refractivity contribution in [3.63, 3.8) is 0 Å². The number of benzene rings is 2. The van der Waals surface area contributed by atoms with Gasteiger partial charge in [-0.1, -0.05) is 6.07 Å². The van der Waals surface area contributed by atoms with E-state index in [0.717, 1.165) is 36.2 Å². The summed E-state index contributed by atoms with van der Waals surface area (Å²) in [7, 11) is 3.69. The number of hydrogen-bond acceptors (Lipinski definition) is 7. The van der Waals surface area contributed by atoms with E-state index in [2.05, 4.69) is 22.6 Å². The molecule has 2 amide bonds. The molecule has 0 saturated heterocycles. The van der Waals surface area contributed by atoms with Gasteiger partial charge in [0, 0.05) is 42.0 Å². The quantitative estimate of drug-likeness (QED) is 0.579. The maximum absolute atomic E-state index is 13.0. The van der Waals surface area contributed by atoms with Gasteiger partial charge in [0.25, 0.3) is 11.8 Å². The van der Waals surface area contributed by atoms with Crippen molar-refractivity contribution in [2.75, 3.05) is 32.8 Å². The monoisotopic (exact) mass is 463 g/mol. The lowest BCUT2D eigenvalue weighted by Gasteiger charge is -2.29. The van der Waals surface area contributed by atoms with Crippen LogP contribution >= 0.6 is 0 Å². The molecule has 9 heteroatoms. The van der Waals surface area contributed by atoms with Crippen molar-refractivity contribution in [2.24, 2.45) is 0 Å². The number of rotatable bonds is 6. The Morgan fingerprint density at radius 1 is 1.09 bits per heavy atom. The first-order valence-corrected chi connectivity index (χ1v) is 11.0. The van der Waals surface area contributed by atoms with Gasteiger partial charge in [-0.3, -0.25) is 9.59 Å². The maximum atomic E-state index is 13.0. The van der Waals surface area contributed by atoms with E-state index in [-0.39, 0.29) is 30.9 Å². The minimum absolute atomic E-state index is 0.114. The molecule has 0 bridgehead atoms. The van der Waals surface area contributed by atoms with Crippen molar-refractivity contribution in [1.82, 2.24) is 10.2 Å². The van der Waals surface area contributed by atoms with E-state index in [9.17, 15) is 9.59 Å². The molecule has 34 heavy (non-hydrogen) atoms. The average molecular weight is 463 g/mol. The summed E-state index contributed by atoms with van der Waals surface area (Å²) in [6, 6.07) is 9.96. The van der Waals surface area contributed by atoms with Crippen molar-refractivity contribution < 1.29 is 28.2 Å². The fourth-order valence-corrected chi connectivity index (χ4v) is 4.40. The Hall–Kier alpha value is -3.98. The van der Waals surface area contributed by atoms with Gasteiger partial charge in [0.2, 0.25) is 12.5 Å². The number of methoxy groups -OCH3 is 1. The molecule has 2 aliphatic rings. The number of anilines is 1. The molecular formula is C25H25N3O6. The molecule has 0 fully saturated rings. The summed E-state index contributed by atoms with van der Waals surface area (Å²) in [6.45, 7) is 2.02. The highest BCUT2D eigenvalue weighted by Gasteiger charge is 2.32. The van der Waals surface area contributed by atoms with Crippen molar-refractivity contribution in [3.8, 4) is 17.2 Å². The van der Waals surface area contributed by atoms with Crippen molar-refractivity contribution in [2.45, 2.75) is 19.5 Å². The van der Waals surface area contributed by atoms with Crippen LogP contribution in [0.3, 0.4) is 0 Å². The molecule has 0 aliphatic carbocycles. The Labute approximate surface area is 196 Å². The highest BCUT2D eigenvalue weighted by Crippen LogP contribution is 2.49. The molecule has 2 aromatic carbocycles. The molecule has 2 N–H and O–H groups in total. The molecule has 2 aliphatic heterocycles. The molecule has 1 aromatic heterocycles. The fourth-order valence-electron chi connectivity index (χ4n) is 4.40. The Morgan fingerprint density at radius 3 is 2.74 bits per heavy atom. The minimum Gasteiger partial charge on any atom is -0.492 e. The van der Waals surface area contributed by atoms with E-state index in [1.807, 2.05) is 0 Å². The molecule has 0 unspecified atom stereocenters. The van der Waals surface area contributed by atoms with Crippen LogP contribution in [0.1, 0.15) is 37.6 Å². The highest BCUT2D eigenvalue weighted by atomic mass is 16.7. The number of likely N-dealkylation sites (N-methyl/N-ethyl adjacent to an activating group) is 1. The zero-order valence-electron chi connectivity index (χ0n) is 19.0. The second-order valence-electron chi connectivity index (χ2n) is 8.22. The molecular weight excluding hydrogens is 438 g/mol. The largest absolute Gasteiger partial charge is 0.492 e. The Morgan fingerprint density at radius 2 is 1.94 bits per heavy atom. The standard InChI is InChI=1S/C25H25N3O6/c1-28-9-8-17-18(22-23(34-14-33-22)21(31-2)19(17)13-28)12-26-24(29)15-5-3-6-16(11-15)27-25(30)20-7-4-10-32-20/h3-7,10-11H,8-9,12-14H2,1-2H3,(H,26,29)(H,27,30). The number of furan rings is 1. The predicted octanol–water partition coefficient (Wildman–Crippen LogP) is 3.19. The van der Waals surface area contributed by atoms with Gasteiger partial charge in [-0.25, -0.2) is 0 Å². The molecule has 5 rings (SSSR count). The van der Waals surface area contributed by atoms with Crippen molar-refractivity contribution >= 4 is 17.5 Å². The number of fused-ring (bicyclic) bond motifs is 2. The van der Waals surface area contributed by atoms with E-state index >= 15 is 0 Å². The van der Waals surface area contributed by atoms with Gasteiger partial charge in [0.1, 0.15) is 0 Å². The zero-order chi connectivity index (χ0) is 23.7. The normalized spacial score (nSPS) is 14.4. The van der Waals surface area contributed by atoms with Gasteiger partial charge in [0.15, 0.2) is 17.3 Å². The first-order valence-electron chi connectivity index (χ1n) is 11.0. The summed E-state index contributed by atoms with van der Waals surface area (Å²) < 4.78 is 22.3. The molecule has 0 radical (unpaired) electrons. The second kappa shape index (κ2) is 9.11. The van der Waals surface area contributed by atoms with Gasteiger partial charge in [-0.05, 0) is 49.4 Å². The van der Waals surface area contributed by atoms with E-state index in [0.29, 0.717) is 28.5 Å². The fraction of sp³-hybridized carbons (Fsp3) is 0.280. The van der Waals surface area contributed by atoms with Crippen molar-refractivity contribution in [3.05, 3.63) is 70.7 Å². The molecule has 3 aromatic rings. The van der Waals surface area contributed by atoms with Crippen LogP contribution in [0.15, 0.2) is 47.1 Å². The maximum Gasteiger partial charge on any atom is 0.291 e. The van der Waals surface area contributed by atoms with Gasteiger partial charge in [0.05, 0.1) is 13.4 Å². The Balaban J connectivity index is 1.36. The van der Waals surface area contributed by atoms with Gasteiger partial charge < -0.3 is 34.2 Å². The number of amides is 2. The lowest BCUT2D eigenvalue weighted by atomic mass is 9.92. The summed E-state index contributed by atoms with van der Waals surface area (Å²) in [5.41, 5.74) is 4.02. The highest BCUT2D eigenvalue weighted by molar-refractivity contribution is 6.03. The van der Waals surface area contributed by atoms with Gasteiger partial charge in [-0.15, -0.1) is 0 Å². The van der Waals surface area contributed by atoms with Crippen LogP contribution in [-0.4, -0.2) is 44.2 Å². The first kappa shape index (κ1) is 21.8. The number of carbonyl (C=O) groups is 2. The number of hydrogen-bond donors (Lipinski definition) is 2. The van der Waals surface area contributed by atoms with Crippen LogP contribution in [-0.2, 0) is 19.5 Å². The third-order valence-electron chi connectivity index (χ3n) is 6.02. The van der Waals surface area contributed by atoms with Gasteiger partial charge >= 0.3 is 0 Å². The molecule has 0 spiro atoms. The summed E-state index contributed by atoms with van der Waals surface area (Å²) in [4.78, 5) is 27.4. The number of carbonyl (C=O) groups excluding carboxylic acids is 2. The number of nitrogens with one attached hydrogen (secondary N) is 2. The Bertz CT molecular complexity index is 1240. The summed E-state index contributed by atoms with van der Waals surface area (Å²) in [5, 5.41) is 5.73. The first-order chi connectivity index (χ1) is 16.5. The van der Waals surface area contributed by atoms with Crippen LogP contribution < -0.4 is 24.8 Å². The second-order valence-corrected chi connectivity index (χ2v) is 8.22. The van der Waals surface area contributed by atoms with Crippen LogP contribution in [0.4, 0.5) is 5.69 Å². The van der Waals surface area contributed by atoms with Crippen LogP contribution in [0.25, 0.3) is 0 Å². The summed E-state index contributed by atoms with van der Waals surface area (Å²) in [6.07, 6.45) is 2.25. The van der Waals surface area contributed by atoms with Crippen LogP contribution in [0.2, 0.25) is 0 Å². The van der Waals surface area contributed by atoms with E-state index in [1.54, 1.807) is 43.5 Å². The number of ether oxygens (including phenoxy) is 3. The topological polar surface area (TPSA) is 102 Å². The zero-order valence-corrected chi connectivity index (χ0v) is 19.0. The lowest BCUT2D eigenvalue weighted by Crippen LogP contribution is -2.30. The summed E-state index contributed by atoms with van der Waals surface area (Å²) in [5.74, 6) is 1.46. The smallest absolute Gasteiger partial charge is 0.291 e. The van der Waals surface area contributed by atoms with Crippen LogP contribution in [0.5, 0.6) is 17.2 Å². The molecule has 176 valence electrons. The third-order valence-corrected chi connectivity index (χ3v) is 6.02. The Kier molecular flexibility index (Phi) is 5.85. The van der Waals surface area contributed by atoms with Gasteiger partial charge in [-0.2, -0.15) is 0 Å². The van der Waals surface area contributed by atoms with Crippen LogP contribution in [0, 0.1) is 0 Å².